The SMILES string of the molecule is CC(C)(CC(=O)c1ccc(-c2ccc(NC(=O)Cc3ccccc3)cc2)cc1)C(=O)O. The van der Waals surface area contributed by atoms with Crippen molar-refractivity contribution in [1.29, 1.82) is 0 Å². The number of carboxylic acids is 1. The van der Waals surface area contributed by atoms with Crippen LogP contribution in [-0.4, -0.2) is 22.8 Å². The third-order valence-corrected chi connectivity index (χ3v) is 5.10. The van der Waals surface area contributed by atoms with Crippen LogP contribution in [0.5, 0.6) is 0 Å². The Morgan fingerprint density at radius 1 is 0.806 bits per heavy atom. The summed E-state index contributed by atoms with van der Waals surface area (Å²) in [5.41, 5.74) is 2.94. The molecule has 2 N–H and O–H groups in total. The van der Waals surface area contributed by atoms with Gasteiger partial charge in [-0.2, -0.15) is 0 Å². The number of amides is 1. The molecule has 0 radical (unpaired) electrons. The number of aliphatic carboxylic acids is 1. The standard InChI is InChI=1S/C26H25NO4/c1-26(2,25(30)31)17-23(28)21-10-8-19(9-11-21)20-12-14-22(15-13-20)27-24(29)16-18-6-4-3-5-7-18/h3-15H,16-17H2,1-2H3,(H,27,29)(H,30,31). The van der Waals surface area contributed by atoms with Crippen LogP contribution in [0.1, 0.15) is 36.2 Å². The van der Waals surface area contributed by atoms with Gasteiger partial charge in [0, 0.05) is 17.7 Å². The van der Waals surface area contributed by atoms with E-state index in [1.54, 1.807) is 26.0 Å². The molecule has 0 bridgehead atoms. The molecule has 0 heterocycles. The average molecular weight is 415 g/mol. The molecule has 3 rings (SSSR count). The molecule has 0 spiro atoms. The Morgan fingerprint density at radius 3 is 1.90 bits per heavy atom. The highest BCUT2D eigenvalue weighted by Gasteiger charge is 2.30. The molecule has 3 aromatic carbocycles. The predicted molar refractivity (Wildman–Crippen MR) is 121 cm³/mol. The van der Waals surface area contributed by atoms with E-state index < -0.39 is 11.4 Å². The maximum Gasteiger partial charge on any atom is 0.309 e. The van der Waals surface area contributed by atoms with Crippen LogP contribution in [0, 0.1) is 5.41 Å². The van der Waals surface area contributed by atoms with Crippen LogP contribution in [0.25, 0.3) is 11.1 Å². The van der Waals surface area contributed by atoms with E-state index in [0.29, 0.717) is 17.7 Å². The molecule has 158 valence electrons. The number of rotatable bonds is 8. The first-order chi connectivity index (χ1) is 14.7. The third kappa shape index (κ3) is 5.89. The number of hydrogen-bond donors (Lipinski definition) is 2. The maximum absolute atomic E-state index is 12.4. The molecular formula is C26H25NO4. The topological polar surface area (TPSA) is 83.5 Å². The van der Waals surface area contributed by atoms with Gasteiger partial charge in [-0.25, -0.2) is 0 Å². The Kier molecular flexibility index (Phi) is 6.65. The van der Waals surface area contributed by atoms with E-state index in [0.717, 1.165) is 16.7 Å². The van der Waals surface area contributed by atoms with Crippen LogP contribution in [-0.2, 0) is 16.0 Å². The van der Waals surface area contributed by atoms with E-state index >= 15 is 0 Å². The zero-order valence-corrected chi connectivity index (χ0v) is 17.6. The van der Waals surface area contributed by atoms with Crippen LogP contribution < -0.4 is 5.32 Å². The highest BCUT2D eigenvalue weighted by Crippen LogP contribution is 2.26. The van der Waals surface area contributed by atoms with Gasteiger partial charge in [0.15, 0.2) is 5.78 Å². The lowest BCUT2D eigenvalue weighted by molar-refractivity contribution is -0.146. The van der Waals surface area contributed by atoms with Crippen molar-refractivity contribution in [2.24, 2.45) is 5.41 Å². The van der Waals surface area contributed by atoms with Gasteiger partial charge in [0.25, 0.3) is 0 Å². The van der Waals surface area contributed by atoms with E-state index in [2.05, 4.69) is 5.32 Å². The summed E-state index contributed by atoms with van der Waals surface area (Å²) < 4.78 is 0. The number of ketones is 1. The Hall–Kier alpha value is -3.73. The van der Waals surface area contributed by atoms with Crippen molar-refractivity contribution in [3.05, 3.63) is 90.0 Å². The van der Waals surface area contributed by atoms with Gasteiger partial charge >= 0.3 is 5.97 Å². The maximum atomic E-state index is 12.4. The quantitative estimate of drug-likeness (QED) is 0.494. The van der Waals surface area contributed by atoms with Crippen molar-refractivity contribution < 1.29 is 19.5 Å². The average Bonchev–Trinajstić information content (AvgIpc) is 2.74. The van der Waals surface area contributed by atoms with Crippen molar-refractivity contribution in [3.8, 4) is 11.1 Å². The molecule has 1 amide bonds. The smallest absolute Gasteiger partial charge is 0.309 e. The zero-order valence-electron chi connectivity index (χ0n) is 17.6. The van der Waals surface area contributed by atoms with Crippen LogP contribution in [0.15, 0.2) is 78.9 Å². The zero-order chi connectivity index (χ0) is 22.4. The van der Waals surface area contributed by atoms with Crippen molar-refractivity contribution in [1.82, 2.24) is 0 Å². The van der Waals surface area contributed by atoms with Gasteiger partial charge in [-0.15, -0.1) is 0 Å². The van der Waals surface area contributed by atoms with E-state index in [4.69, 9.17) is 0 Å². The van der Waals surface area contributed by atoms with Crippen molar-refractivity contribution in [2.75, 3.05) is 5.32 Å². The Labute approximate surface area is 181 Å². The van der Waals surface area contributed by atoms with E-state index in [-0.39, 0.29) is 18.1 Å². The lowest BCUT2D eigenvalue weighted by Crippen LogP contribution is -2.26. The highest BCUT2D eigenvalue weighted by molar-refractivity contribution is 5.99. The lowest BCUT2D eigenvalue weighted by atomic mass is 9.85. The second-order valence-corrected chi connectivity index (χ2v) is 8.15. The van der Waals surface area contributed by atoms with Gasteiger partial charge in [-0.3, -0.25) is 14.4 Å². The molecule has 5 heteroatoms. The number of nitrogens with one attached hydrogen (secondary N) is 1. The summed E-state index contributed by atoms with van der Waals surface area (Å²) in [7, 11) is 0. The first-order valence-corrected chi connectivity index (χ1v) is 10.1. The van der Waals surface area contributed by atoms with Crippen LogP contribution in [0.2, 0.25) is 0 Å². The number of carboxylic acid groups (broad SMARTS) is 1. The predicted octanol–water partition coefficient (Wildman–Crippen LogP) is 5.22. The molecule has 0 aromatic heterocycles. The fraction of sp³-hybridized carbons (Fsp3) is 0.192. The van der Waals surface area contributed by atoms with Gasteiger partial charge in [0.05, 0.1) is 11.8 Å². The second-order valence-electron chi connectivity index (χ2n) is 8.15. The first-order valence-electron chi connectivity index (χ1n) is 10.1. The minimum atomic E-state index is -1.10. The van der Waals surface area contributed by atoms with Gasteiger partial charge in [0.2, 0.25) is 5.91 Å². The minimum Gasteiger partial charge on any atom is -0.481 e. The molecular weight excluding hydrogens is 390 g/mol. The summed E-state index contributed by atoms with van der Waals surface area (Å²) >= 11 is 0. The van der Waals surface area contributed by atoms with Crippen LogP contribution in [0.4, 0.5) is 5.69 Å². The summed E-state index contributed by atoms with van der Waals surface area (Å²) in [6.07, 6.45) is 0.260. The Morgan fingerprint density at radius 2 is 1.35 bits per heavy atom. The summed E-state index contributed by atoms with van der Waals surface area (Å²) in [4.78, 5) is 35.8. The highest BCUT2D eigenvalue weighted by atomic mass is 16.4. The molecule has 0 aliphatic heterocycles. The van der Waals surface area contributed by atoms with Crippen LogP contribution >= 0.6 is 0 Å². The number of carbonyl (C=O) groups excluding carboxylic acids is 2. The normalized spacial score (nSPS) is 11.0. The van der Waals surface area contributed by atoms with Gasteiger partial charge in [-0.1, -0.05) is 66.7 Å². The van der Waals surface area contributed by atoms with Gasteiger partial charge in [-0.05, 0) is 42.7 Å². The van der Waals surface area contributed by atoms with Crippen LogP contribution in [0.3, 0.4) is 0 Å². The molecule has 0 unspecified atom stereocenters. The molecule has 31 heavy (non-hydrogen) atoms. The van der Waals surface area contributed by atoms with Gasteiger partial charge in [0.1, 0.15) is 0 Å². The molecule has 3 aromatic rings. The number of carbonyl (C=O) groups is 3. The van der Waals surface area contributed by atoms with Gasteiger partial charge < -0.3 is 10.4 Å². The summed E-state index contributed by atoms with van der Waals surface area (Å²) in [5, 5.41) is 12.1. The van der Waals surface area contributed by atoms with E-state index in [9.17, 15) is 19.5 Å². The monoisotopic (exact) mass is 415 g/mol. The molecule has 0 saturated heterocycles. The molecule has 0 fully saturated rings. The summed E-state index contributed by atoms with van der Waals surface area (Å²) in [6.45, 7) is 3.09. The number of benzene rings is 3. The number of anilines is 1. The van der Waals surface area contributed by atoms with Crippen molar-refractivity contribution >= 4 is 23.3 Å². The fourth-order valence-electron chi connectivity index (χ4n) is 3.16. The molecule has 0 aliphatic carbocycles. The fourth-order valence-corrected chi connectivity index (χ4v) is 3.16. The molecule has 0 atom stereocenters. The Bertz CT molecular complexity index is 1070. The van der Waals surface area contributed by atoms with Crippen molar-refractivity contribution in [3.63, 3.8) is 0 Å². The largest absolute Gasteiger partial charge is 0.481 e. The Balaban J connectivity index is 1.62. The summed E-state index contributed by atoms with van der Waals surface area (Å²) in [6, 6.07) is 24.2. The lowest BCUT2D eigenvalue weighted by Gasteiger charge is -2.17. The number of hydrogen-bond acceptors (Lipinski definition) is 3. The molecule has 5 nitrogen and oxygen atoms in total. The minimum absolute atomic E-state index is 0.0565. The summed E-state index contributed by atoms with van der Waals surface area (Å²) in [5.74, 6) is -1.27. The second kappa shape index (κ2) is 9.39. The third-order valence-electron chi connectivity index (χ3n) is 5.10. The first kappa shape index (κ1) is 22.0. The molecule has 0 saturated carbocycles. The molecule has 0 aliphatic rings. The number of Topliss-reactive ketones (excluding diaryl/α,β-unsaturated/α-hetero) is 1. The van der Waals surface area contributed by atoms with E-state index in [1.165, 1.54) is 0 Å². The van der Waals surface area contributed by atoms with Crippen molar-refractivity contribution in [2.45, 2.75) is 26.7 Å². The van der Waals surface area contributed by atoms with E-state index in [1.807, 2.05) is 66.7 Å².